The molecule has 4 rings (SSSR count). The van der Waals surface area contributed by atoms with Gasteiger partial charge < -0.3 is 10.6 Å². The maximum atomic E-state index is 15.0. The predicted molar refractivity (Wildman–Crippen MR) is 130 cm³/mol. The molecule has 0 aliphatic carbocycles. The lowest BCUT2D eigenvalue weighted by atomic mass is 9.89. The first-order chi connectivity index (χ1) is 16.5. The molecule has 3 heterocycles. The summed E-state index contributed by atoms with van der Waals surface area (Å²) < 4.78 is 17.1. The molecule has 2 fully saturated rings. The lowest BCUT2D eigenvalue weighted by molar-refractivity contribution is -0.123. The standard InChI is InChI=1S/C26H36FN5O2/c1-3-11-32-21(4-2)14-20(30-32)17-31-12-9-18(10-13-31)23-7-5-19(15-24(23)27)29-25-8-6-22(33)16-28-26(25)34/h5,7,14-15,18,25,29H,3-4,6,8-13,16-17H2,1-2H3,(H,28,34). The quantitative estimate of drug-likeness (QED) is 0.617. The molecule has 1 aromatic carbocycles. The number of hydrogen-bond donors (Lipinski definition) is 2. The summed E-state index contributed by atoms with van der Waals surface area (Å²) in [6, 6.07) is 6.87. The first-order valence-corrected chi connectivity index (χ1v) is 12.6. The minimum atomic E-state index is -0.519. The minimum absolute atomic E-state index is 0.0191. The van der Waals surface area contributed by atoms with Crippen molar-refractivity contribution in [2.45, 2.75) is 77.4 Å². The van der Waals surface area contributed by atoms with Gasteiger partial charge in [0, 0.05) is 30.9 Å². The molecule has 34 heavy (non-hydrogen) atoms. The van der Waals surface area contributed by atoms with Crippen LogP contribution in [0.15, 0.2) is 24.3 Å². The number of halogens is 1. The second-order valence-corrected chi connectivity index (χ2v) is 9.48. The molecular weight excluding hydrogens is 433 g/mol. The lowest BCUT2D eigenvalue weighted by Crippen LogP contribution is -2.38. The van der Waals surface area contributed by atoms with E-state index in [1.165, 1.54) is 11.8 Å². The Morgan fingerprint density at radius 2 is 1.94 bits per heavy atom. The molecule has 7 nitrogen and oxygen atoms in total. The highest BCUT2D eigenvalue weighted by Gasteiger charge is 2.26. The minimum Gasteiger partial charge on any atom is -0.374 e. The van der Waals surface area contributed by atoms with Crippen LogP contribution in [-0.2, 0) is 29.1 Å². The molecule has 0 radical (unpaired) electrons. The van der Waals surface area contributed by atoms with E-state index in [1.807, 2.05) is 12.1 Å². The van der Waals surface area contributed by atoms with E-state index >= 15 is 4.39 Å². The highest BCUT2D eigenvalue weighted by molar-refractivity contribution is 5.92. The summed E-state index contributed by atoms with van der Waals surface area (Å²) in [4.78, 5) is 26.1. The summed E-state index contributed by atoms with van der Waals surface area (Å²) in [5.74, 6) is -0.244. The van der Waals surface area contributed by atoms with E-state index in [9.17, 15) is 9.59 Å². The summed E-state index contributed by atoms with van der Waals surface area (Å²) in [5, 5.41) is 10.5. The van der Waals surface area contributed by atoms with Crippen molar-refractivity contribution in [3.05, 3.63) is 47.0 Å². The second kappa shape index (κ2) is 11.1. The number of nitrogens with zero attached hydrogens (tertiary/aromatic N) is 3. The van der Waals surface area contributed by atoms with Crippen LogP contribution in [0.5, 0.6) is 0 Å². The van der Waals surface area contributed by atoms with Crippen molar-refractivity contribution in [1.82, 2.24) is 20.0 Å². The fourth-order valence-corrected chi connectivity index (χ4v) is 5.03. The number of Topliss-reactive ketones (excluding diaryl/α,β-unsaturated/α-hetero) is 1. The van der Waals surface area contributed by atoms with Gasteiger partial charge >= 0.3 is 0 Å². The highest BCUT2D eigenvalue weighted by Crippen LogP contribution is 2.32. The Kier molecular flexibility index (Phi) is 7.98. The van der Waals surface area contributed by atoms with Crippen LogP contribution in [0.4, 0.5) is 10.1 Å². The Morgan fingerprint density at radius 3 is 2.65 bits per heavy atom. The van der Waals surface area contributed by atoms with Gasteiger partial charge in [-0.1, -0.05) is 19.9 Å². The SMILES string of the molecule is CCCn1nc(CN2CCC(c3ccc(NC4CCC(=O)CNC4=O)cc3F)CC2)cc1CC. The summed E-state index contributed by atoms with van der Waals surface area (Å²) in [6.07, 6.45) is 4.65. The number of rotatable bonds is 8. The van der Waals surface area contributed by atoms with Crippen LogP contribution in [0.1, 0.15) is 68.8 Å². The van der Waals surface area contributed by atoms with E-state index in [1.54, 1.807) is 0 Å². The van der Waals surface area contributed by atoms with Crippen LogP contribution in [-0.4, -0.2) is 52.0 Å². The van der Waals surface area contributed by atoms with E-state index in [-0.39, 0.29) is 30.0 Å². The summed E-state index contributed by atoms with van der Waals surface area (Å²) >= 11 is 0. The average molecular weight is 470 g/mol. The molecule has 2 aromatic rings. The molecular formula is C26H36FN5O2. The Balaban J connectivity index is 1.33. The first-order valence-electron chi connectivity index (χ1n) is 12.6. The van der Waals surface area contributed by atoms with Crippen LogP contribution < -0.4 is 10.6 Å². The van der Waals surface area contributed by atoms with Gasteiger partial charge in [0.05, 0.1) is 12.2 Å². The fourth-order valence-electron chi connectivity index (χ4n) is 5.03. The van der Waals surface area contributed by atoms with E-state index in [0.717, 1.165) is 63.1 Å². The van der Waals surface area contributed by atoms with Crippen molar-refractivity contribution < 1.29 is 14.0 Å². The van der Waals surface area contributed by atoms with Crippen LogP contribution in [0, 0.1) is 5.82 Å². The number of anilines is 1. The number of piperidine rings is 1. The van der Waals surface area contributed by atoms with E-state index in [2.05, 4.69) is 40.1 Å². The van der Waals surface area contributed by atoms with Crippen LogP contribution in [0.2, 0.25) is 0 Å². The monoisotopic (exact) mass is 469 g/mol. The van der Waals surface area contributed by atoms with Crippen molar-refractivity contribution in [3.63, 3.8) is 0 Å². The second-order valence-electron chi connectivity index (χ2n) is 9.48. The average Bonchev–Trinajstić information content (AvgIpc) is 3.14. The number of aryl methyl sites for hydroxylation is 2. The van der Waals surface area contributed by atoms with E-state index in [0.29, 0.717) is 18.5 Å². The molecule has 1 unspecified atom stereocenters. The van der Waals surface area contributed by atoms with Crippen molar-refractivity contribution in [2.75, 3.05) is 25.0 Å². The number of benzene rings is 1. The van der Waals surface area contributed by atoms with Gasteiger partial charge in [-0.25, -0.2) is 4.39 Å². The molecule has 0 spiro atoms. The maximum absolute atomic E-state index is 15.0. The molecule has 1 aromatic heterocycles. The van der Waals surface area contributed by atoms with E-state index < -0.39 is 6.04 Å². The van der Waals surface area contributed by atoms with Crippen LogP contribution in [0.3, 0.4) is 0 Å². The van der Waals surface area contributed by atoms with Gasteiger partial charge in [0.15, 0.2) is 5.78 Å². The van der Waals surface area contributed by atoms with Crippen LogP contribution in [0.25, 0.3) is 0 Å². The number of carbonyl (C=O) groups excluding carboxylic acids is 2. The number of carbonyl (C=O) groups is 2. The third kappa shape index (κ3) is 5.84. The number of ketones is 1. The zero-order chi connectivity index (χ0) is 24.1. The Morgan fingerprint density at radius 1 is 1.15 bits per heavy atom. The van der Waals surface area contributed by atoms with Crippen molar-refractivity contribution in [3.8, 4) is 0 Å². The molecule has 2 aliphatic rings. The van der Waals surface area contributed by atoms with Gasteiger partial charge in [0.25, 0.3) is 0 Å². The number of nitrogens with one attached hydrogen (secondary N) is 2. The number of hydrogen-bond acceptors (Lipinski definition) is 5. The Hall–Kier alpha value is -2.74. The van der Waals surface area contributed by atoms with E-state index in [4.69, 9.17) is 5.10 Å². The summed E-state index contributed by atoms with van der Waals surface area (Å²) in [5.41, 5.74) is 3.72. The van der Waals surface area contributed by atoms with Gasteiger partial charge in [-0.3, -0.25) is 19.2 Å². The lowest BCUT2D eigenvalue weighted by Gasteiger charge is -2.32. The van der Waals surface area contributed by atoms with Gasteiger partial charge in [-0.05, 0) is 74.9 Å². The molecule has 0 saturated carbocycles. The summed E-state index contributed by atoms with van der Waals surface area (Å²) in [7, 11) is 0. The van der Waals surface area contributed by atoms with Gasteiger partial charge in [0.2, 0.25) is 5.91 Å². The third-order valence-electron chi connectivity index (χ3n) is 6.95. The number of amides is 1. The fraction of sp³-hybridized carbons (Fsp3) is 0.577. The molecule has 2 N–H and O–H groups in total. The Labute approximate surface area is 201 Å². The topological polar surface area (TPSA) is 79.3 Å². The Bertz CT molecular complexity index is 1010. The van der Waals surface area contributed by atoms with Gasteiger partial charge in [-0.2, -0.15) is 5.10 Å². The molecule has 0 bridgehead atoms. The molecule has 184 valence electrons. The van der Waals surface area contributed by atoms with Crippen molar-refractivity contribution in [2.24, 2.45) is 0 Å². The molecule has 1 atom stereocenters. The smallest absolute Gasteiger partial charge is 0.242 e. The largest absolute Gasteiger partial charge is 0.374 e. The van der Waals surface area contributed by atoms with Gasteiger partial charge in [-0.15, -0.1) is 0 Å². The molecule has 2 saturated heterocycles. The molecule has 1 amide bonds. The molecule has 8 heteroatoms. The number of likely N-dealkylation sites (tertiary alicyclic amines) is 1. The first kappa shape index (κ1) is 24.4. The predicted octanol–water partition coefficient (Wildman–Crippen LogP) is 3.63. The maximum Gasteiger partial charge on any atom is 0.242 e. The van der Waals surface area contributed by atoms with Crippen LogP contribution >= 0.6 is 0 Å². The molecule has 2 aliphatic heterocycles. The van der Waals surface area contributed by atoms with Crippen molar-refractivity contribution >= 4 is 17.4 Å². The zero-order valence-corrected chi connectivity index (χ0v) is 20.3. The zero-order valence-electron chi connectivity index (χ0n) is 20.3. The third-order valence-corrected chi connectivity index (χ3v) is 6.95. The summed E-state index contributed by atoms with van der Waals surface area (Å²) in [6.45, 7) is 8.05. The van der Waals surface area contributed by atoms with Gasteiger partial charge in [0.1, 0.15) is 11.9 Å². The number of aromatic nitrogens is 2. The highest BCUT2D eigenvalue weighted by atomic mass is 19.1. The normalized spacial score (nSPS) is 20.3. The van der Waals surface area contributed by atoms with Crippen molar-refractivity contribution in [1.29, 1.82) is 0 Å².